The molecule has 3 aliphatic rings. The van der Waals surface area contributed by atoms with Crippen LogP contribution in [0.1, 0.15) is 79.3 Å². The maximum Gasteiger partial charge on any atom is 0.253 e. The molecule has 4 nitrogen and oxygen atoms in total. The Morgan fingerprint density at radius 2 is 1.67 bits per heavy atom. The lowest BCUT2D eigenvalue weighted by Gasteiger charge is -2.33. The highest BCUT2D eigenvalue weighted by Gasteiger charge is 2.30. The maximum atomic E-state index is 13.0. The van der Waals surface area contributed by atoms with Crippen LogP contribution in [0.4, 0.5) is 0 Å². The molecule has 1 unspecified atom stereocenters. The van der Waals surface area contributed by atoms with Crippen LogP contribution in [0.2, 0.25) is 0 Å². The molecule has 4 rings (SSSR count). The molecule has 4 heteroatoms. The zero-order valence-electron chi connectivity index (χ0n) is 16.3. The molecule has 1 N–H and O–H groups in total. The zero-order chi connectivity index (χ0) is 18.6. The molecule has 0 radical (unpaired) electrons. The number of benzene rings is 1. The summed E-state index contributed by atoms with van der Waals surface area (Å²) in [5, 5.41) is 3.25. The SMILES string of the molecule is O=C(NC1CCCCC1)C1CCCN(C(=O)c2ccc3c(c2)CCCC3)C1. The average Bonchev–Trinajstić information content (AvgIpc) is 2.73. The number of carbonyl (C=O) groups is 2. The van der Waals surface area contributed by atoms with Crippen molar-refractivity contribution >= 4 is 11.8 Å². The topological polar surface area (TPSA) is 49.4 Å². The third-order valence-electron chi connectivity index (χ3n) is 6.63. The Kier molecular flexibility index (Phi) is 5.80. The molecule has 2 aliphatic carbocycles. The van der Waals surface area contributed by atoms with Gasteiger partial charge in [-0.15, -0.1) is 0 Å². The van der Waals surface area contributed by atoms with Gasteiger partial charge in [-0.2, -0.15) is 0 Å². The van der Waals surface area contributed by atoms with Crippen LogP contribution < -0.4 is 5.32 Å². The van der Waals surface area contributed by atoms with Gasteiger partial charge in [-0.05, 0) is 74.6 Å². The second-order valence-corrected chi connectivity index (χ2v) is 8.62. The summed E-state index contributed by atoms with van der Waals surface area (Å²) < 4.78 is 0. The van der Waals surface area contributed by atoms with Crippen molar-refractivity contribution in [2.24, 2.45) is 5.92 Å². The molecular formula is C23H32N2O2. The number of rotatable bonds is 3. The zero-order valence-corrected chi connectivity index (χ0v) is 16.3. The van der Waals surface area contributed by atoms with Crippen LogP contribution in [0.25, 0.3) is 0 Å². The summed E-state index contributed by atoms with van der Waals surface area (Å²) in [5.74, 6) is 0.200. The van der Waals surface area contributed by atoms with Crippen molar-refractivity contribution in [1.82, 2.24) is 10.2 Å². The Labute approximate surface area is 162 Å². The average molecular weight is 369 g/mol. The first-order valence-corrected chi connectivity index (χ1v) is 10.9. The van der Waals surface area contributed by atoms with E-state index in [4.69, 9.17) is 0 Å². The summed E-state index contributed by atoms with van der Waals surface area (Å²) in [6.45, 7) is 1.33. The second-order valence-electron chi connectivity index (χ2n) is 8.62. The molecule has 1 aromatic rings. The number of hydrogen-bond acceptors (Lipinski definition) is 2. The highest BCUT2D eigenvalue weighted by Crippen LogP contribution is 2.25. The predicted molar refractivity (Wildman–Crippen MR) is 107 cm³/mol. The Morgan fingerprint density at radius 3 is 2.48 bits per heavy atom. The monoisotopic (exact) mass is 368 g/mol. The van der Waals surface area contributed by atoms with Gasteiger partial charge < -0.3 is 10.2 Å². The molecule has 27 heavy (non-hydrogen) atoms. The van der Waals surface area contributed by atoms with Gasteiger partial charge in [-0.3, -0.25) is 9.59 Å². The van der Waals surface area contributed by atoms with E-state index >= 15 is 0 Å². The normalized spacial score (nSPS) is 23.6. The molecule has 2 fully saturated rings. The summed E-state index contributed by atoms with van der Waals surface area (Å²) in [6, 6.07) is 6.57. The van der Waals surface area contributed by atoms with E-state index in [2.05, 4.69) is 17.4 Å². The summed E-state index contributed by atoms with van der Waals surface area (Å²) >= 11 is 0. The number of fused-ring (bicyclic) bond motifs is 1. The number of nitrogens with zero attached hydrogens (tertiary/aromatic N) is 1. The standard InChI is InChI=1S/C23H32N2O2/c26-22(24-21-10-2-1-3-11-21)20-9-6-14-25(16-20)23(27)19-13-12-17-7-4-5-8-18(17)15-19/h12-13,15,20-21H,1-11,14,16H2,(H,24,26). The minimum absolute atomic E-state index is 0.0535. The van der Waals surface area contributed by atoms with E-state index < -0.39 is 0 Å². The van der Waals surface area contributed by atoms with Crippen molar-refractivity contribution in [2.75, 3.05) is 13.1 Å². The van der Waals surface area contributed by atoms with E-state index in [0.29, 0.717) is 12.6 Å². The van der Waals surface area contributed by atoms with Gasteiger partial charge >= 0.3 is 0 Å². The smallest absolute Gasteiger partial charge is 0.253 e. The molecule has 1 aromatic carbocycles. The molecular weight excluding hydrogens is 336 g/mol. The van der Waals surface area contributed by atoms with Crippen LogP contribution in [0.15, 0.2) is 18.2 Å². The number of nitrogens with one attached hydrogen (secondary N) is 1. The number of carbonyl (C=O) groups excluding carboxylic acids is 2. The summed E-state index contributed by atoms with van der Waals surface area (Å²) in [5.41, 5.74) is 3.54. The molecule has 1 heterocycles. The lowest BCUT2D eigenvalue weighted by molar-refractivity contribution is -0.127. The summed E-state index contributed by atoms with van der Waals surface area (Å²) in [7, 11) is 0. The number of likely N-dealkylation sites (tertiary alicyclic amines) is 1. The highest BCUT2D eigenvalue weighted by atomic mass is 16.2. The Bertz CT molecular complexity index is 694. The predicted octanol–water partition coefficient (Wildman–Crippen LogP) is 3.87. The third kappa shape index (κ3) is 4.36. The highest BCUT2D eigenvalue weighted by molar-refractivity contribution is 5.95. The summed E-state index contributed by atoms with van der Waals surface area (Å²) in [6.07, 6.45) is 12.5. The molecule has 1 saturated heterocycles. The molecule has 2 amide bonds. The van der Waals surface area contributed by atoms with Gasteiger partial charge in [-0.1, -0.05) is 25.3 Å². The molecule has 1 atom stereocenters. The lowest BCUT2D eigenvalue weighted by atomic mass is 9.90. The molecule has 0 spiro atoms. The first kappa shape index (κ1) is 18.5. The van der Waals surface area contributed by atoms with Crippen molar-refractivity contribution < 1.29 is 9.59 Å². The van der Waals surface area contributed by atoms with Crippen LogP contribution in [-0.4, -0.2) is 35.8 Å². The number of amides is 2. The van der Waals surface area contributed by atoms with E-state index in [0.717, 1.165) is 50.6 Å². The van der Waals surface area contributed by atoms with Gasteiger partial charge in [0, 0.05) is 24.7 Å². The van der Waals surface area contributed by atoms with Gasteiger partial charge in [0.15, 0.2) is 0 Å². The fourth-order valence-electron chi connectivity index (χ4n) is 4.99. The van der Waals surface area contributed by atoms with Crippen LogP contribution in [0.5, 0.6) is 0 Å². The van der Waals surface area contributed by atoms with E-state index in [1.807, 2.05) is 11.0 Å². The number of hydrogen-bond donors (Lipinski definition) is 1. The van der Waals surface area contributed by atoms with E-state index in [1.54, 1.807) is 0 Å². The van der Waals surface area contributed by atoms with Gasteiger partial charge in [0.05, 0.1) is 5.92 Å². The fraction of sp³-hybridized carbons (Fsp3) is 0.652. The van der Waals surface area contributed by atoms with Crippen molar-refractivity contribution in [1.29, 1.82) is 0 Å². The Balaban J connectivity index is 1.38. The van der Waals surface area contributed by atoms with Crippen molar-refractivity contribution in [3.8, 4) is 0 Å². The van der Waals surface area contributed by atoms with Gasteiger partial charge in [0.25, 0.3) is 5.91 Å². The molecule has 146 valence electrons. The number of aryl methyl sites for hydroxylation is 2. The van der Waals surface area contributed by atoms with Gasteiger partial charge in [-0.25, -0.2) is 0 Å². The van der Waals surface area contributed by atoms with Crippen LogP contribution >= 0.6 is 0 Å². The largest absolute Gasteiger partial charge is 0.353 e. The minimum atomic E-state index is -0.0535. The minimum Gasteiger partial charge on any atom is -0.353 e. The first-order chi connectivity index (χ1) is 13.2. The van der Waals surface area contributed by atoms with Crippen molar-refractivity contribution in [3.63, 3.8) is 0 Å². The molecule has 0 aromatic heterocycles. The van der Waals surface area contributed by atoms with Gasteiger partial charge in [0.2, 0.25) is 5.91 Å². The van der Waals surface area contributed by atoms with E-state index in [1.165, 1.54) is 43.2 Å². The fourth-order valence-corrected chi connectivity index (χ4v) is 4.99. The van der Waals surface area contributed by atoms with Crippen LogP contribution in [0.3, 0.4) is 0 Å². The van der Waals surface area contributed by atoms with Gasteiger partial charge in [0.1, 0.15) is 0 Å². The molecule has 1 aliphatic heterocycles. The number of piperidine rings is 1. The summed E-state index contributed by atoms with van der Waals surface area (Å²) in [4.78, 5) is 27.7. The van der Waals surface area contributed by atoms with Crippen molar-refractivity contribution in [2.45, 2.75) is 76.7 Å². The lowest BCUT2D eigenvalue weighted by Crippen LogP contribution is -2.48. The first-order valence-electron chi connectivity index (χ1n) is 10.9. The van der Waals surface area contributed by atoms with Crippen LogP contribution in [-0.2, 0) is 17.6 Å². The van der Waals surface area contributed by atoms with E-state index in [9.17, 15) is 9.59 Å². The second kappa shape index (κ2) is 8.45. The molecule has 0 bridgehead atoms. The third-order valence-corrected chi connectivity index (χ3v) is 6.63. The maximum absolute atomic E-state index is 13.0. The molecule has 1 saturated carbocycles. The Morgan fingerprint density at radius 1 is 0.889 bits per heavy atom. The Hall–Kier alpha value is -1.84. The van der Waals surface area contributed by atoms with Crippen LogP contribution in [0, 0.1) is 5.92 Å². The quantitative estimate of drug-likeness (QED) is 0.880. The van der Waals surface area contributed by atoms with E-state index in [-0.39, 0.29) is 17.7 Å². The van der Waals surface area contributed by atoms with Crippen molar-refractivity contribution in [3.05, 3.63) is 34.9 Å².